The molecule has 0 spiro atoms. The summed E-state index contributed by atoms with van der Waals surface area (Å²) in [6, 6.07) is 4.80. The van der Waals surface area contributed by atoms with Gasteiger partial charge in [0, 0.05) is 12.4 Å². The van der Waals surface area contributed by atoms with E-state index in [0.29, 0.717) is 19.4 Å². The highest BCUT2D eigenvalue weighted by Gasteiger charge is 2.38. The van der Waals surface area contributed by atoms with E-state index in [4.69, 9.17) is 5.73 Å². The van der Waals surface area contributed by atoms with Gasteiger partial charge in [0.2, 0.25) is 7.37 Å². The van der Waals surface area contributed by atoms with Crippen LogP contribution < -0.4 is 11.1 Å². The zero-order valence-corrected chi connectivity index (χ0v) is 16.1. The first-order valence-electron chi connectivity index (χ1n) is 8.65. The molecule has 8 nitrogen and oxygen atoms in total. The van der Waals surface area contributed by atoms with Crippen LogP contribution in [0.4, 0.5) is 0 Å². The first-order valence-corrected chi connectivity index (χ1v) is 10.6. The lowest BCUT2D eigenvalue weighted by atomic mass is 10.0. The molecule has 9 heteroatoms. The Hall–Kier alpha value is -1.76. The lowest BCUT2D eigenvalue weighted by Gasteiger charge is -2.29. The van der Waals surface area contributed by atoms with Crippen LogP contribution in [0.1, 0.15) is 43.6 Å². The molecule has 0 bridgehead atoms. The summed E-state index contributed by atoms with van der Waals surface area (Å²) < 4.78 is 12.9. The topological polar surface area (TPSA) is 143 Å². The van der Waals surface area contributed by atoms with Gasteiger partial charge in [0.15, 0.2) is 0 Å². The minimum atomic E-state index is -3.96. The van der Waals surface area contributed by atoms with E-state index >= 15 is 0 Å². The van der Waals surface area contributed by atoms with Crippen LogP contribution in [-0.4, -0.2) is 45.3 Å². The number of hydrogen-bond donors (Lipinski definition) is 4. The van der Waals surface area contributed by atoms with Gasteiger partial charge >= 0.3 is 5.97 Å². The molecule has 0 aliphatic rings. The van der Waals surface area contributed by atoms with Gasteiger partial charge in [0.05, 0.1) is 5.92 Å². The van der Waals surface area contributed by atoms with Crippen LogP contribution in [0.25, 0.3) is 0 Å². The van der Waals surface area contributed by atoms with Gasteiger partial charge in [-0.05, 0) is 37.4 Å². The number of nitrogens with zero attached hydrogens (tertiary/aromatic N) is 1. The van der Waals surface area contributed by atoms with Crippen molar-refractivity contribution in [3.63, 3.8) is 0 Å². The second-order valence-electron chi connectivity index (χ2n) is 6.64. The van der Waals surface area contributed by atoms with E-state index in [9.17, 15) is 24.2 Å². The monoisotopic (exact) mass is 385 g/mol. The average Bonchev–Trinajstić information content (AvgIpc) is 2.58. The zero-order valence-electron chi connectivity index (χ0n) is 15.2. The number of aliphatic carboxylic acids is 1. The van der Waals surface area contributed by atoms with Crippen molar-refractivity contribution >= 4 is 19.2 Å². The molecule has 1 aromatic heterocycles. The van der Waals surface area contributed by atoms with Crippen LogP contribution in [0, 0.1) is 11.8 Å². The quantitative estimate of drug-likeness (QED) is 0.336. The lowest BCUT2D eigenvalue weighted by molar-refractivity contribution is -0.141. The Balaban J connectivity index is 2.89. The summed E-state index contributed by atoms with van der Waals surface area (Å²) in [4.78, 5) is 38.2. The van der Waals surface area contributed by atoms with Crippen LogP contribution in [0.2, 0.25) is 0 Å². The van der Waals surface area contributed by atoms with E-state index in [-0.39, 0.29) is 18.0 Å². The van der Waals surface area contributed by atoms with Crippen molar-refractivity contribution in [2.45, 2.75) is 38.9 Å². The Morgan fingerprint density at radius 1 is 1.31 bits per heavy atom. The molecule has 146 valence electrons. The van der Waals surface area contributed by atoms with Crippen LogP contribution in [0.3, 0.4) is 0 Å². The van der Waals surface area contributed by atoms with E-state index in [1.807, 2.05) is 0 Å². The summed E-state index contributed by atoms with van der Waals surface area (Å²) in [5.41, 5.74) is 5.55. The average molecular weight is 385 g/mol. The first kappa shape index (κ1) is 22.3. The van der Waals surface area contributed by atoms with Gasteiger partial charge in [0.25, 0.3) is 5.91 Å². The fraction of sp³-hybridized carbons (Fsp3) is 0.588. The van der Waals surface area contributed by atoms with Crippen molar-refractivity contribution in [1.29, 1.82) is 0 Å². The van der Waals surface area contributed by atoms with E-state index in [1.54, 1.807) is 26.0 Å². The van der Waals surface area contributed by atoms with E-state index in [1.165, 1.54) is 12.3 Å². The highest BCUT2D eigenvalue weighted by atomic mass is 31.2. The predicted molar refractivity (Wildman–Crippen MR) is 99.1 cm³/mol. The summed E-state index contributed by atoms with van der Waals surface area (Å²) in [7, 11) is -3.96. The second kappa shape index (κ2) is 10.4. The molecule has 26 heavy (non-hydrogen) atoms. The fourth-order valence-electron chi connectivity index (χ4n) is 2.70. The van der Waals surface area contributed by atoms with Gasteiger partial charge in [-0.2, -0.15) is 0 Å². The molecule has 3 unspecified atom stereocenters. The van der Waals surface area contributed by atoms with Crippen molar-refractivity contribution in [3.8, 4) is 0 Å². The Morgan fingerprint density at radius 2 is 2.00 bits per heavy atom. The smallest absolute Gasteiger partial charge is 0.307 e. The van der Waals surface area contributed by atoms with E-state index in [0.717, 1.165) is 0 Å². The first-order chi connectivity index (χ1) is 12.2. The number of amides is 1. The summed E-state index contributed by atoms with van der Waals surface area (Å²) in [6.07, 6.45) is 2.56. The molecule has 5 N–H and O–H groups in total. The number of aromatic nitrogens is 1. The standard InChI is InChI=1S/C17H28N3O5P/c1-12(2)16(20-15(21)14-8-4-6-10-19-14)26(24,25)11-13(17(22)23)7-3-5-9-18/h4,6,8,10,12-13,16H,3,5,7,9,11,18H2,1-2H3,(H,20,21)(H,22,23)(H,24,25). The second-order valence-corrected chi connectivity index (χ2v) is 9.07. The molecule has 0 fully saturated rings. The molecule has 1 aromatic rings. The zero-order chi connectivity index (χ0) is 19.7. The molecular weight excluding hydrogens is 357 g/mol. The Labute approximate surface area is 153 Å². The number of carbonyl (C=O) groups is 2. The van der Waals surface area contributed by atoms with Gasteiger partial charge in [0.1, 0.15) is 11.5 Å². The lowest BCUT2D eigenvalue weighted by Crippen LogP contribution is -2.40. The van der Waals surface area contributed by atoms with E-state index in [2.05, 4.69) is 10.3 Å². The number of rotatable bonds is 11. The fourth-order valence-corrected chi connectivity index (χ4v) is 5.14. The number of nitrogens with one attached hydrogen (secondary N) is 1. The van der Waals surface area contributed by atoms with Gasteiger partial charge in [-0.25, -0.2) is 0 Å². The maximum absolute atomic E-state index is 12.9. The third-order valence-corrected chi connectivity index (χ3v) is 6.64. The van der Waals surface area contributed by atoms with Gasteiger partial charge in [-0.1, -0.05) is 26.3 Å². The number of carboxylic acids is 1. The van der Waals surface area contributed by atoms with Crippen molar-refractivity contribution in [3.05, 3.63) is 30.1 Å². The Kier molecular flexibility index (Phi) is 8.92. The molecule has 3 atom stereocenters. The third kappa shape index (κ3) is 6.86. The summed E-state index contributed by atoms with van der Waals surface area (Å²) in [6.45, 7) is 3.85. The molecule has 0 radical (unpaired) electrons. The van der Waals surface area contributed by atoms with Crippen molar-refractivity contribution in [2.75, 3.05) is 12.7 Å². The van der Waals surface area contributed by atoms with Crippen LogP contribution >= 0.6 is 7.37 Å². The Morgan fingerprint density at radius 3 is 2.50 bits per heavy atom. The van der Waals surface area contributed by atoms with E-state index < -0.39 is 37.1 Å². The molecule has 1 heterocycles. The van der Waals surface area contributed by atoms with Crippen molar-refractivity contribution < 1.29 is 24.2 Å². The SMILES string of the molecule is CC(C)C(NC(=O)c1ccccn1)P(=O)(O)CC(CCCCN)C(=O)O. The number of pyridine rings is 1. The molecule has 0 aliphatic carbocycles. The number of carbonyl (C=O) groups excluding carboxylic acids is 1. The van der Waals surface area contributed by atoms with Gasteiger partial charge < -0.3 is 21.1 Å². The number of carboxylic acid groups (broad SMARTS) is 1. The molecular formula is C17H28N3O5P. The Bertz CT molecular complexity index is 639. The van der Waals surface area contributed by atoms with Crippen molar-refractivity contribution in [2.24, 2.45) is 17.6 Å². The highest BCUT2D eigenvalue weighted by molar-refractivity contribution is 7.58. The maximum atomic E-state index is 12.9. The molecule has 1 rings (SSSR count). The van der Waals surface area contributed by atoms with Crippen LogP contribution in [-0.2, 0) is 9.36 Å². The molecule has 0 aliphatic heterocycles. The van der Waals surface area contributed by atoms with Gasteiger partial charge in [-0.3, -0.25) is 19.1 Å². The number of nitrogens with two attached hydrogens (primary N) is 1. The van der Waals surface area contributed by atoms with Gasteiger partial charge in [-0.15, -0.1) is 0 Å². The summed E-state index contributed by atoms with van der Waals surface area (Å²) in [5, 5.41) is 11.9. The minimum Gasteiger partial charge on any atom is -0.481 e. The molecule has 0 saturated heterocycles. The third-order valence-electron chi connectivity index (χ3n) is 4.08. The predicted octanol–water partition coefficient (Wildman–Crippen LogP) is 1.89. The minimum absolute atomic E-state index is 0.135. The molecule has 0 aromatic carbocycles. The largest absolute Gasteiger partial charge is 0.481 e. The van der Waals surface area contributed by atoms with Crippen LogP contribution in [0.5, 0.6) is 0 Å². The molecule has 0 saturated carbocycles. The maximum Gasteiger partial charge on any atom is 0.307 e. The normalized spacial score (nSPS) is 15.9. The summed E-state index contributed by atoms with van der Waals surface area (Å²) >= 11 is 0. The van der Waals surface area contributed by atoms with Crippen molar-refractivity contribution in [1.82, 2.24) is 10.3 Å². The van der Waals surface area contributed by atoms with Crippen LogP contribution in [0.15, 0.2) is 24.4 Å². The summed E-state index contributed by atoms with van der Waals surface area (Å²) in [5.74, 6) is -4.03. The number of unbranched alkanes of at least 4 members (excludes halogenated alkanes) is 1. The number of hydrogen-bond acceptors (Lipinski definition) is 5. The molecule has 1 amide bonds. The highest BCUT2D eigenvalue weighted by Crippen LogP contribution is 2.50.